The third-order valence-electron chi connectivity index (χ3n) is 3.62. The molecule has 148 valence electrons. The number of aromatic nitrogens is 2. The van der Waals surface area contributed by atoms with Gasteiger partial charge in [-0.1, -0.05) is 53.0 Å². The lowest BCUT2D eigenvalue weighted by Gasteiger charge is -2.12. The SMILES string of the molecule is Clc1ccc(CSc2c(Cl)ccc(CCn3ccnc3)c2Cl)cc1.O=[N+]([O-])O. The minimum atomic E-state index is -1.50. The predicted octanol–water partition coefficient (Wildman–Crippen LogP) is 6.03. The van der Waals surface area contributed by atoms with Crippen LogP contribution in [-0.4, -0.2) is 19.8 Å². The zero-order chi connectivity index (χ0) is 20.5. The van der Waals surface area contributed by atoms with E-state index in [1.165, 1.54) is 5.56 Å². The van der Waals surface area contributed by atoms with Crippen molar-refractivity contribution in [2.45, 2.75) is 23.6 Å². The second kappa shape index (κ2) is 11.2. The zero-order valence-electron chi connectivity index (χ0n) is 14.5. The molecule has 0 aliphatic carbocycles. The van der Waals surface area contributed by atoms with E-state index in [-0.39, 0.29) is 0 Å². The molecule has 0 unspecified atom stereocenters. The summed E-state index contributed by atoms with van der Waals surface area (Å²) in [4.78, 5) is 13.3. The lowest BCUT2D eigenvalue weighted by Crippen LogP contribution is -1.99. The molecule has 0 aliphatic rings. The van der Waals surface area contributed by atoms with E-state index in [9.17, 15) is 0 Å². The highest BCUT2D eigenvalue weighted by Gasteiger charge is 2.12. The van der Waals surface area contributed by atoms with Gasteiger partial charge in [-0.05, 0) is 35.7 Å². The number of aryl methyl sites for hydroxylation is 2. The van der Waals surface area contributed by atoms with Gasteiger partial charge in [-0.2, -0.15) is 0 Å². The Hall–Kier alpha value is -1.93. The van der Waals surface area contributed by atoms with Crippen LogP contribution < -0.4 is 0 Å². The summed E-state index contributed by atoms with van der Waals surface area (Å²) in [7, 11) is 0. The van der Waals surface area contributed by atoms with Crippen molar-refractivity contribution in [3.05, 3.63) is 91.4 Å². The first kappa shape index (κ1) is 22.4. The van der Waals surface area contributed by atoms with Gasteiger partial charge in [0, 0.05) is 34.6 Å². The molecule has 28 heavy (non-hydrogen) atoms. The molecule has 0 saturated carbocycles. The number of imidazole rings is 1. The van der Waals surface area contributed by atoms with Crippen LogP contribution in [0.1, 0.15) is 11.1 Å². The standard InChI is InChI=1S/C18H15Cl3N2S.HNO3/c19-15-4-1-13(2-5-15)11-24-18-16(20)6-3-14(17(18)21)7-9-23-10-8-22-12-23;2-1(3)4/h1-6,8,10,12H,7,9,11H2;(H,2,3,4). The Morgan fingerprint density at radius 3 is 2.43 bits per heavy atom. The van der Waals surface area contributed by atoms with Crippen LogP contribution in [-0.2, 0) is 18.7 Å². The highest BCUT2D eigenvalue weighted by molar-refractivity contribution is 7.98. The molecule has 3 aromatic rings. The molecule has 6 nitrogen and oxygen atoms in total. The topological polar surface area (TPSA) is 81.2 Å². The first-order chi connectivity index (χ1) is 13.4. The Balaban J connectivity index is 0.000000640. The molecule has 0 fully saturated rings. The minimum absolute atomic E-state index is 0.686. The summed E-state index contributed by atoms with van der Waals surface area (Å²) in [6.07, 6.45) is 6.36. The lowest BCUT2D eigenvalue weighted by atomic mass is 10.1. The summed E-state index contributed by atoms with van der Waals surface area (Å²) in [6, 6.07) is 11.7. The monoisotopic (exact) mass is 459 g/mol. The molecule has 1 heterocycles. The summed E-state index contributed by atoms with van der Waals surface area (Å²) < 4.78 is 2.03. The van der Waals surface area contributed by atoms with Crippen LogP contribution in [0, 0.1) is 10.1 Å². The molecular weight excluding hydrogens is 445 g/mol. The maximum atomic E-state index is 8.36. The number of rotatable bonds is 6. The van der Waals surface area contributed by atoms with Crippen molar-refractivity contribution in [2.75, 3.05) is 0 Å². The lowest BCUT2D eigenvalue weighted by molar-refractivity contribution is -0.742. The van der Waals surface area contributed by atoms with Gasteiger partial charge in [-0.3, -0.25) is 0 Å². The normalized spacial score (nSPS) is 10.2. The first-order valence-corrected chi connectivity index (χ1v) is 10.1. The third-order valence-corrected chi connectivity index (χ3v) is 6.04. The maximum Gasteiger partial charge on any atom is 0.291 e. The number of benzene rings is 2. The summed E-state index contributed by atoms with van der Waals surface area (Å²) in [5, 5.41) is 15.8. The molecule has 1 N–H and O–H groups in total. The number of thioether (sulfide) groups is 1. The molecule has 0 radical (unpaired) electrons. The quantitative estimate of drug-likeness (QED) is 0.276. The molecule has 0 saturated heterocycles. The van der Waals surface area contributed by atoms with Crippen molar-refractivity contribution in [1.82, 2.24) is 9.55 Å². The van der Waals surface area contributed by atoms with E-state index in [0.717, 1.165) is 39.2 Å². The van der Waals surface area contributed by atoms with Crippen LogP contribution >= 0.6 is 46.6 Å². The predicted molar refractivity (Wildman–Crippen MR) is 112 cm³/mol. The van der Waals surface area contributed by atoms with Crippen LogP contribution in [0.25, 0.3) is 0 Å². The molecular formula is C18H16Cl3N3O3S. The second-order valence-electron chi connectivity index (χ2n) is 5.55. The largest absolute Gasteiger partial charge is 0.337 e. The van der Waals surface area contributed by atoms with E-state index in [4.69, 9.17) is 50.1 Å². The Bertz CT molecular complexity index is 902. The summed E-state index contributed by atoms with van der Waals surface area (Å²) >= 11 is 20.5. The fraction of sp³-hybridized carbons (Fsp3) is 0.167. The number of hydrogen-bond acceptors (Lipinski definition) is 4. The van der Waals surface area contributed by atoms with E-state index in [1.54, 1.807) is 24.3 Å². The molecule has 2 aromatic carbocycles. The van der Waals surface area contributed by atoms with Crippen LogP contribution in [0.5, 0.6) is 0 Å². The number of halogens is 3. The van der Waals surface area contributed by atoms with Crippen molar-refractivity contribution in [2.24, 2.45) is 0 Å². The van der Waals surface area contributed by atoms with Crippen molar-refractivity contribution < 1.29 is 10.3 Å². The van der Waals surface area contributed by atoms with Gasteiger partial charge in [0.2, 0.25) is 0 Å². The highest BCUT2D eigenvalue weighted by atomic mass is 35.5. The van der Waals surface area contributed by atoms with Gasteiger partial charge in [0.15, 0.2) is 0 Å². The second-order valence-corrected chi connectivity index (χ2v) is 7.76. The van der Waals surface area contributed by atoms with Crippen LogP contribution in [0.3, 0.4) is 0 Å². The van der Waals surface area contributed by atoms with Crippen molar-refractivity contribution >= 4 is 46.6 Å². The van der Waals surface area contributed by atoms with Crippen LogP contribution in [0.2, 0.25) is 15.1 Å². The summed E-state index contributed by atoms with van der Waals surface area (Å²) in [5.41, 5.74) is 2.27. The van der Waals surface area contributed by atoms with Gasteiger partial charge in [-0.25, -0.2) is 4.98 Å². The van der Waals surface area contributed by atoms with E-state index in [2.05, 4.69) is 4.98 Å². The zero-order valence-corrected chi connectivity index (χ0v) is 17.5. The van der Waals surface area contributed by atoms with Crippen molar-refractivity contribution in [1.29, 1.82) is 0 Å². The van der Waals surface area contributed by atoms with E-state index in [1.807, 2.05) is 47.2 Å². The minimum Gasteiger partial charge on any atom is -0.337 e. The molecule has 10 heteroatoms. The third kappa shape index (κ3) is 7.24. The maximum absolute atomic E-state index is 8.36. The Kier molecular flexibility index (Phi) is 8.92. The van der Waals surface area contributed by atoms with Gasteiger partial charge in [0.1, 0.15) is 0 Å². The molecule has 0 spiro atoms. The number of hydrogen-bond donors (Lipinski definition) is 1. The van der Waals surface area contributed by atoms with Gasteiger partial charge in [-0.15, -0.1) is 21.9 Å². The smallest absolute Gasteiger partial charge is 0.291 e. The molecule has 3 rings (SSSR count). The Morgan fingerprint density at radius 2 is 1.82 bits per heavy atom. The molecule has 0 aliphatic heterocycles. The molecule has 1 aromatic heterocycles. The van der Waals surface area contributed by atoms with Crippen molar-refractivity contribution in [3.63, 3.8) is 0 Å². The Morgan fingerprint density at radius 1 is 1.14 bits per heavy atom. The van der Waals surface area contributed by atoms with E-state index in [0.29, 0.717) is 5.02 Å². The Labute approximate surface area is 181 Å². The van der Waals surface area contributed by atoms with Gasteiger partial charge >= 0.3 is 0 Å². The average Bonchev–Trinajstić information content (AvgIpc) is 3.15. The average molecular weight is 461 g/mol. The van der Waals surface area contributed by atoms with Crippen LogP contribution in [0.4, 0.5) is 0 Å². The highest BCUT2D eigenvalue weighted by Crippen LogP contribution is 2.38. The first-order valence-electron chi connectivity index (χ1n) is 8.00. The molecule has 0 atom stereocenters. The number of nitrogens with zero attached hydrogens (tertiary/aromatic N) is 3. The van der Waals surface area contributed by atoms with E-state index >= 15 is 0 Å². The molecule has 0 bridgehead atoms. The summed E-state index contributed by atoms with van der Waals surface area (Å²) in [6.45, 7) is 0.836. The fourth-order valence-electron chi connectivity index (χ4n) is 2.30. The van der Waals surface area contributed by atoms with Gasteiger partial charge in [0.25, 0.3) is 5.09 Å². The van der Waals surface area contributed by atoms with E-state index < -0.39 is 5.09 Å². The van der Waals surface area contributed by atoms with Crippen LogP contribution in [0.15, 0.2) is 60.0 Å². The summed E-state index contributed by atoms with van der Waals surface area (Å²) in [5.74, 6) is 0.793. The molecule has 0 amide bonds. The van der Waals surface area contributed by atoms with Crippen molar-refractivity contribution in [3.8, 4) is 0 Å². The fourth-order valence-corrected chi connectivity index (χ4v) is 4.19. The van der Waals surface area contributed by atoms with Gasteiger partial charge in [0.05, 0.1) is 16.4 Å². The van der Waals surface area contributed by atoms with Gasteiger partial charge < -0.3 is 9.77 Å².